The maximum Gasteiger partial charge on any atom is 0.224 e. The number of nitrogens with zero attached hydrogens (tertiary/aromatic N) is 2. The fourth-order valence-corrected chi connectivity index (χ4v) is 2.52. The van der Waals surface area contributed by atoms with E-state index in [9.17, 15) is 0 Å². The fourth-order valence-electron chi connectivity index (χ4n) is 2.15. The van der Waals surface area contributed by atoms with E-state index in [1.807, 2.05) is 49.5 Å². The molecule has 0 bridgehead atoms. The molecule has 0 unspecified atom stereocenters. The molecule has 0 aliphatic heterocycles. The maximum atomic E-state index is 4.54. The molecule has 3 aromatic rings. The van der Waals surface area contributed by atoms with Crippen LogP contribution in [0.15, 0.2) is 46.9 Å². The van der Waals surface area contributed by atoms with Gasteiger partial charge in [0.1, 0.15) is 5.82 Å². The van der Waals surface area contributed by atoms with Crippen molar-refractivity contribution in [1.82, 2.24) is 9.97 Å². The molecule has 0 atom stereocenters. The van der Waals surface area contributed by atoms with Crippen molar-refractivity contribution in [3.8, 4) is 0 Å². The fraction of sp³-hybridized carbons (Fsp3) is 0.125. The highest BCUT2D eigenvalue weighted by atomic mass is 79.9. The summed E-state index contributed by atoms with van der Waals surface area (Å²) < 4.78 is 1.07. The van der Waals surface area contributed by atoms with E-state index in [2.05, 4.69) is 43.5 Å². The van der Waals surface area contributed by atoms with E-state index in [1.54, 1.807) is 0 Å². The number of anilines is 3. The van der Waals surface area contributed by atoms with Crippen molar-refractivity contribution in [2.75, 3.05) is 17.7 Å². The van der Waals surface area contributed by atoms with Crippen LogP contribution in [0.2, 0.25) is 0 Å². The first-order chi connectivity index (χ1) is 10.2. The monoisotopic (exact) mass is 342 g/mol. The lowest BCUT2D eigenvalue weighted by molar-refractivity contribution is 1.19. The highest BCUT2D eigenvalue weighted by Gasteiger charge is 2.09. The summed E-state index contributed by atoms with van der Waals surface area (Å²) in [6.45, 7) is 2.06. The van der Waals surface area contributed by atoms with Crippen LogP contribution in [0, 0.1) is 6.92 Å². The van der Waals surface area contributed by atoms with Crippen molar-refractivity contribution in [3.05, 3.63) is 52.5 Å². The molecule has 2 aromatic carbocycles. The third-order valence-corrected chi connectivity index (χ3v) is 4.21. The Morgan fingerprint density at radius 2 is 1.81 bits per heavy atom. The van der Waals surface area contributed by atoms with Crippen molar-refractivity contribution in [2.45, 2.75) is 6.92 Å². The summed E-state index contributed by atoms with van der Waals surface area (Å²) in [7, 11) is 1.82. The first kappa shape index (κ1) is 13.8. The van der Waals surface area contributed by atoms with Crippen molar-refractivity contribution in [1.29, 1.82) is 0 Å². The summed E-state index contributed by atoms with van der Waals surface area (Å²) in [5.74, 6) is 1.40. The Bertz CT molecular complexity index is 801. The molecule has 0 radical (unpaired) electrons. The molecule has 0 amide bonds. The van der Waals surface area contributed by atoms with Gasteiger partial charge in [0.25, 0.3) is 0 Å². The minimum Gasteiger partial charge on any atom is -0.357 e. The van der Waals surface area contributed by atoms with E-state index in [4.69, 9.17) is 0 Å². The van der Waals surface area contributed by atoms with Gasteiger partial charge in [-0.1, -0.05) is 34.1 Å². The van der Waals surface area contributed by atoms with Crippen LogP contribution in [0.3, 0.4) is 0 Å². The van der Waals surface area contributed by atoms with Gasteiger partial charge in [-0.3, -0.25) is 0 Å². The zero-order chi connectivity index (χ0) is 14.8. The molecule has 21 heavy (non-hydrogen) atoms. The van der Waals surface area contributed by atoms with E-state index < -0.39 is 0 Å². The second-order valence-corrected chi connectivity index (χ2v) is 5.55. The van der Waals surface area contributed by atoms with Gasteiger partial charge in [0.15, 0.2) is 0 Å². The van der Waals surface area contributed by atoms with Gasteiger partial charge in [0.05, 0.1) is 5.52 Å². The second-order valence-electron chi connectivity index (χ2n) is 4.70. The molecule has 1 aromatic heterocycles. The van der Waals surface area contributed by atoms with E-state index in [-0.39, 0.29) is 0 Å². The minimum atomic E-state index is 0.601. The van der Waals surface area contributed by atoms with Crippen molar-refractivity contribution < 1.29 is 0 Å². The quantitative estimate of drug-likeness (QED) is 0.736. The molecule has 3 rings (SSSR count). The summed E-state index contributed by atoms with van der Waals surface area (Å²) in [6, 6.07) is 14.0. The summed E-state index contributed by atoms with van der Waals surface area (Å²) in [5, 5.41) is 7.41. The predicted octanol–water partition coefficient (Wildman–Crippen LogP) is 4.49. The predicted molar refractivity (Wildman–Crippen MR) is 91.2 cm³/mol. The summed E-state index contributed by atoms with van der Waals surface area (Å²) in [4.78, 5) is 9.00. The van der Waals surface area contributed by atoms with E-state index in [1.165, 1.54) is 0 Å². The lowest BCUT2D eigenvalue weighted by Crippen LogP contribution is -2.02. The third kappa shape index (κ3) is 2.69. The molecule has 1 heterocycles. The number of hydrogen-bond donors (Lipinski definition) is 2. The smallest absolute Gasteiger partial charge is 0.224 e. The van der Waals surface area contributed by atoms with Gasteiger partial charge in [-0.25, -0.2) is 4.98 Å². The first-order valence-electron chi connectivity index (χ1n) is 6.65. The Hall–Kier alpha value is -2.14. The number of halogens is 1. The molecule has 2 N–H and O–H groups in total. The minimum absolute atomic E-state index is 0.601. The number of aromatic nitrogens is 2. The van der Waals surface area contributed by atoms with Crippen molar-refractivity contribution in [3.63, 3.8) is 0 Å². The second kappa shape index (κ2) is 5.69. The van der Waals surface area contributed by atoms with Crippen LogP contribution >= 0.6 is 15.9 Å². The summed E-state index contributed by atoms with van der Waals surface area (Å²) in [6.07, 6.45) is 0. The number of fused-ring (bicyclic) bond motifs is 1. The number of benzene rings is 2. The molecule has 4 nitrogen and oxygen atoms in total. The largest absolute Gasteiger partial charge is 0.357 e. The molecule has 0 saturated heterocycles. The van der Waals surface area contributed by atoms with Gasteiger partial charge in [-0.15, -0.1) is 0 Å². The first-order valence-corrected chi connectivity index (χ1v) is 7.45. The molecular formula is C16H15BrN4. The van der Waals surface area contributed by atoms with Crippen LogP contribution in [-0.2, 0) is 0 Å². The van der Waals surface area contributed by atoms with Crippen molar-refractivity contribution in [2.24, 2.45) is 0 Å². The number of hydrogen-bond acceptors (Lipinski definition) is 4. The van der Waals surface area contributed by atoms with Gasteiger partial charge in [0.2, 0.25) is 5.95 Å². The maximum absolute atomic E-state index is 4.54. The number of nitrogens with one attached hydrogen (secondary N) is 2. The number of rotatable bonds is 3. The highest BCUT2D eigenvalue weighted by molar-refractivity contribution is 9.10. The molecule has 106 valence electrons. The average Bonchev–Trinajstić information content (AvgIpc) is 2.51. The number of para-hydroxylation sites is 1. The van der Waals surface area contributed by atoms with E-state index >= 15 is 0 Å². The van der Waals surface area contributed by atoms with Gasteiger partial charge >= 0.3 is 0 Å². The lowest BCUT2D eigenvalue weighted by atomic mass is 10.2. The van der Waals surface area contributed by atoms with Crippen LogP contribution in [0.5, 0.6) is 0 Å². The molecule has 5 heteroatoms. The van der Waals surface area contributed by atoms with Gasteiger partial charge in [-0.05, 0) is 36.8 Å². The summed E-state index contributed by atoms with van der Waals surface area (Å²) >= 11 is 3.55. The molecule has 0 spiro atoms. The van der Waals surface area contributed by atoms with Crippen molar-refractivity contribution >= 4 is 44.3 Å². The molecule has 0 saturated carbocycles. The van der Waals surface area contributed by atoms with Crippen LogP contribution in [-0.4, -0.2) is 17.0 Å². The zero-order valence-corrected chi connectivity index (χ0v) is 13.4. The molecule has 0 aliphatic rings. The normalized spacial score (nSPS) is 10.6. The molecule has 0 fully saturated rings. The molecular weight excluding hydrogens is 328 g/mol. The zero-order valence-electron chi connectivity index (χ0n) is 11.8. The van der Waals surface area contributed by atoms with Crippen LogP contribution in [0.1, 0.15) is 5.56 Å². The van der Waals surface area contributed by atoms with E-state index in [0.29, 0.717) is 5.95 Å². The van der Waals surface area contributed by atoms with Crippen LogP contribution in [0.4, 0.5) is 17.5 Å². The Balaban J connectivity index is 2.13. The Labute approximate surface area is 131 Å². The standard InChI is InChI=1S/C16H15BrN4/c1-10-12(17)7-5-9-13(10)19-15-11-6-3-4-8-14(11)20-16(18-2)21-15/h3-9H,1-2H3,(H2,18,19,20,21). The third-order valence-electron chi connectivity index (χ3n) is 3.35. The van der Waals surface area contributed by atoms with Crippen LogP contribution < -0.4 is 10.6 Å². The Morgan fingerprint density at radius 3 is 2.62 bits per heavy atom. The Kier molecular flexibility index (Phi) is 3.75. The lowest BCUT2D eigenvalue weighted by Gasteiger charge is -2.13. The van der Waals surface area contributed by atoms with Gasteiger partial charge in [0, 0.05) is 22.6 Å². The Morgan fingerprint density at radius 1 is 1.00 bits per heavy atom. The topological polar surface area (TPSA) is 49.8 Å². The van der Waals surface area contributed by atoms with Crippen LogP contribution in [0.25, 0.3) is 10.9 Å². The molecule has 0 aliphatic carbocycles. The van der Waals surface area contributed by atoms with E-state index in [0.717, 1.165) is 32.4 Å². The SMILES string of the molecule is CNc1nc(Nc2cccc(Br)c2C)c2ccccc2n1. The average molecular weight is 343 g/mol. The highest BCUT2D eigenvalue weighted by Crippen LogP contribution is 2.29. The summed E-state index contributed by atoms with van der Waals surface area (Å²) in [5.41, 5.74) is 3.08. The van der Waals surface area contributed by atoms with Gasteiger partial charge < -0.3 is 10.6 Å². The van der Waals surface area contributed by atoms with Gasteiger partial charge in [-0.2, -0.15) is 4.98 Å².